The van der Waals surface area contributed by atoms with E-state index in [1.807, 2.05) is 39.8 Å². The van der Waals surface area contributed by atoms with E-state index in [9.17, 15) is 27.9 Å². The van der Waals surface area contributed by atoms with Gasteiger partial charge in [0.25, 0.3) is 5.91 Å². The van der Waals surface area contributed by atoms with Crippen LogP contribution < -0.4 is 16.1 Å². The van der Waals surface area contributed by atoms with Crippen molar-refractivity contribution in [3.63, 3.8) is 0 Å². The normalized spacial score (nSPS) is 26.9. The highest BCUT2D eigenvalue weighted by atomic mass is 19.4. The number of likely N-dealkylation sites (tertiary alicyclic amines) is 1. The molecule has 3 aliphatic rings. The topological polar surface area (TPSA) is 100 Å². The number of nitrogens with zero attached hydrogens (tertiary/aromatic N) is 1. The maximum Gasteiger partial charge on any atom is 0.494 e. The summed E-state index contributed by atoms with van der Waals surface area (Å²) < 4.78 is 51.5. The van der Waals surface area contributed by atoms with Crippen molar-refractivity contribution >= 4 is 24.4 Å². The Balaban J connectivity index is 1.21. The molecule has 12 heteroatoms. The van der Waals surface area contributed by atoms with Gasteiger partial charge in [0, 0.05) is 30.2 Å². The molecular formula is C32H41BF3N3O5. The Kier molecular flexibility index (Phi) is 8.94. The molecule has 3 N–H and O–H groups in total. The first kappa shape index (κ1) is 32.5. The third-order valence-electron chi connectivity index (χ3n) is 9.78. The molecule has 1 atom stereocenters. The van der Waals surface area contributed by atoms with Crippen LogP contribution >= 0.6 is 0 Å². The molecule has 3 fully saturated rings. The molecule has 2 aliphatic heterocycles. The van der Waals surface area contributed by atoms with E-state index in [2.05, 4.69) is 27.7 Å². The first-order valence-electron chi connectivity index (χ1n) is 15.2. The van der Waals surface area contributed by atoms with E-state index >= 15 is 0 Å². The van der Waals surface area contributed by atoms with Crippen molar-refractivity contribution in [3.05, 3.63) is 65.2 Å². The fourth-order valence-electron chi connectivity index (χ4n) is 6.44. The van der Waals surface area contributed by atoms with Crippen LogP contribution in [0.25, 0.3) is 0 Å². The number of nitrogens with one attached hydrogen (secondary N) is 2. The minimum absolute atomic E-state index is 0.152. The van der Waals surface area contributed by atoms with Crippen molar-refractivity contribution in [2.75, 3.05) is 19.6 Å². The summed E-state index contributed by atoms with van der Waals surface area (Å²) in [6.45, 7) is 9.10. The fraction of sp³-hybridized carbons (Fsp3) is 0.562. The number of hydrogen-bond acceptors (Lipinski definition) is 6. The number of rotatable bonds is 7. The standard InChI is InChI=1S/C32H41BF3N3O5/c1-29(2)30(3,4)44-33(43-29)24-10-8-22(9-11-24)31(15-12-26(40)13-16-31)39-17-14-25(20-39)38-27(41)19-37-28(42)21-6-5-7-23(18-21)32(34,35)36/h5-11,18,25-26,40H,12-17,19-20H2,1-4H3,(H,37,42)(H,38,41)/t25-,26?,31?/m1/s1. The quantitative estimate of drug-likeness (QED) is 0.411. The van der Waals surface area contributed by atoms with E-state index in [4.69, 9.17) is 9.31 Å². The smallest absolute Gasteiger partial charge is 0.399 e. The summed E-state index contributed by atoms with van der Waals surface area (Å²) in [5, 5.41) is 15.7. The second-order valence-electron chi connectivity index (χ2n) is 13.2. The third kappa shape index (κ3) is 6.68. The average molecular weight is 616 g/mol. The van der Waals surface area contributed by atoms with Crippen LogP contribution in [0.3, 0.4) is 0 Å². The summed E-state index contributed by atoms with van der Waals surface area (Å²) in [5.41, 5.74) is -0.175. The molecule has 1 aliphatic carbocycles. The number of halogens is 3. The van der Waals surface area contributed by atoms with Gasteiger partial charge in [-0.25, -0.2) is 0 Å². The minimum Gasteiger partial charge on any atom is -0.399 e. The van der Waals surface area contributed by atoms with Gasteiger partial charge in [-0.1, -0.05) is 30.3 Å². The molecule has 5 rings (SSSR count). The average Bonchev–Trinajstić information content (AvgIpc) is 3.52. The summed E-state index contributed by atoms with van der Waals surface area (Å²) in [6.07, 6.45) is -1.29. The van der Waals surface area contributed by atoms with Crippen molar-refractivity contribution in [2.24, 2.45) is 0 Å². The summed E-state index contributed by atoms with van der Waals surface area (Å²) in [5.74, 6) is -1.15. The maximum atomic E-state index is 13.0. The highest BCUT2D eigenvalue weighted by molar-refractivity contribution is 6.62. The predicted octanol–water partition coefficient (Wildman–Crippen LogP) is 3.76. The van der Waals surface area contributed by atoms with Gasteiger partial charge in [-0.15, -0.1) is 0 Å². The van der Waals surface area contributed by atoms with E-state index in [0.717, 1.165) is 48.6 Å². The van der Waals surface area contributed by atoms with E-state index in [1.165, 1.54) is 6.07 Å². The molecule has 8 nitrogen and oxygen atoms in total. The number of aliphatic hydroxyl groups excluding tert-OH is 1. The Morgan fingerprint density at radius 2 is 1.64 bits per heavy atom. The van der Waals surface area contributed by atoms with Gasteiger partial charge in [-0.2, -0.15) is 13.2 Å². The minimum atomic E-state index is -4.56. The molecule has 2 saturated heterocycles. The molecule has 0 spiro atoms. The maximum absolute atomic E-state index is 13.0. The van der Waals surface area contributed by atoms with Crippen LogP contribution in [-0.4, -0.2) is 71.9 Å². The second-order valence-corrected chi connectivity index (χ2v) is 13.2. The Labute approximate surface area is 256 Å². The van der Waals surface area contributed by atoms with Gasteiger partial charge >= 0.3 is 13.3 Å². The molecule has 0 aromatic heterocycles. The zero-order chi connectivity index (χ0) is 31.9. The van der Waals surface area contributed by atoms with Gasteiger partial charge in [0.2, 0.25) is 5.91 Å². The summed E-state index contributed by atoms with van der Waals surface area (Å²) in [7, 11) is -0.460. The molecular weight excluding hydrogens is 574 g/mol. The lowest BCUT2D eigenvalue weighted by Gasteiger charge is -2.46. The van der Waals surface area contributed by atoms with E-state index < -0.39 is 41.9 Å². The first-order valence-corrected chi connectivity index (χ1v) is 15.2. The largest absolute Gasteiger partial charge is 0.494 e. The predicted molar refractivity (Wildman–Crippen MR) is 160 cm³/mol. The lowest BCUT2D eigenvalue weighted by Crippen LogP contribution is -2.50. The van der Waals surface area contributed by atoms with Crippen molar-refractivity contribution in [3.8, 4) is 0 Å². The molecule has 2 aromatic rings. The van der Waals surface area contributed by atoms with Gasteiger partial charge in [0.15, 0.2) is 0 Å². The second kappa shape index (κ2) is 12.1. The lowest BCUT2D eigenvalue weighted by atomic mass is 9.72. The van der Waals surface area contributed by atoms with Crippen LogP contribution in [0.15, 0.2) is 48.5 Å². The van der Waals surface area contributed by atoms with Crippen LogP contribution in [0.2, 0.25) is 0 Å². The summed E-state index contributed by atoms with van der Waals surface area (Å²) in [6, 6.07) is 12.3. The van der Waals surface area contributed by atoms with Gasteiger partial charge in [0.05, 0.1) is 29.4 Å². The summed E-state index contributed by atoms with van der Waals surface area (Å²) in [4.78, 5) is 27.5. The van der Waals surface area contributed by atoms with Gasteiger partial charge < -0.3 is 25.0 Å². The van der Waals surface area contributed by atoms with Crippen molar-refractivity contribution in [1.82, 2.24) is 15.5 Å². The highest BCUT2D eigenvalue weighted by Crippen LogP contribution is 2.44. The van der Waals surface area contributed by atoms with Gasteiger partial charge in [-0.3, -0.25) is 14.5 Å². The number of amides is 2. The molecule has 44 heavy (non-hydrogen) atoms. The molecule has 238 valence electrons. The van der Waals surface area contributed by atoms with Crippen LogP contribution in [-0.2, 0) is 25.8 Å². The van der Waals surface area contributed by atoms with E-state index in [0.29, 0.717) is 25.8 Å². The molecule has 0 radical (unpaired) electrons. The van der Waals surface area contributed by atoms with Gasteiger partial charge in [0.1, 0.15) is 0 Å². The van der Waals surface area contributed by atoms with Crippen molar-refractivity contribution in [1.29, 1.82) is 0 Å². The van der Waals surface area contributed by atoms with Crippen LogP contribution in [0.1, 0.15) is 81.3 Å². The van der Waals surface area contributed by atoms with Crippen LogP contribution in [0.4, 0.5) is 13.2 Å². The van der Waals surface area contributed by atoms with Crippen LogP contribution in [0.5, 0.6) is 0 Å². The number of aliphatic hydroxyl groups is 1. The Morgan fingerprint density at radius 3 is 2.25 bits per heavy atom. The molecule has 1 saturated carbocycles. The number of benzene rings is 2. The number of carbonyl (C=O) groups excluding carboxylic acids is 2. The highest BCUT2D eigenvalue weighted by Gasteiger charge is 2.52. The lowest BCUT2D eigenvalue weighted by molar-refractivity contribution is -0.137. The first-order chi connectivity index (χ1) is 20.6. The molecule has 2 amide bonds. The number of hydrogen-bond donors (Lipinski definition) is 3. The fourth-order valence-corrected chi connectivity index (χ4v) is 6.44. The van der Waals surface area contributed by atoms with Crippen molar-refractivity contribution in [2.45, 2.75) is 94.9 Å². The number of carbonyl (C=O) groups is 2. The van der Waals surface area contributed by atoms with Gasteiger partial charge in [-0.05, 0) is 89.0 Å². The van der Waals surface area contributed by atoms with Crippen LogP contribution in [0, 0.1) is 0 Å². The number of alkyl halides is 3. The molecule has 2 aromatic carbocycles. The third-order valence-corrected chi connectivity index (χ3v) is 9.78. The Hall–Kier alpha value is -2.93. The zero-order valence-corrected chi connectivity index (χ0v) is 25.7. The molecule has 0 unspecified atom stereocenters. The van der Waals surface area contributed by atoms with Crippen molar-refractivity contribution < 1.29 is 37.2 Å². The van der Waals surface area contributed by atoms with E-state index in [-0.39, 0.29) is 29.8 Å². The zero-order valence-electron chi connectivity index (χ0n) is 25.7. The summed E-state index contributed by atoms with van der Waals surface area (Å²) >= 11 is 0. The Morgan fingerprint density at radius 1 is 1.00 bits per heavy atom. The monoisotopic (exact) mass is 615 g/mol. The SMILES string of the molecule is CC1(C)OB(c2ccc(C3(N4CC[C@@H](NC(=O)CNC(=O)c5cccc(C(F)(F)F)c5)C4)CCC(O)CC3)cc2)OC1(C)C. The van der Waals surface area contributed by atoms with E-state index in [1.54, 1.807) is 0 Å². The Bertz CT molecular complexity index is 1340. The molecule has 2 heterocycles. The molecule has 0 bridgehead atoms.